The molecule has 5 fully saturated rings. The van der Waals surface area contributed by atoms with Crippen LogP contribution in [0.3, 0.4) is 0 Å². The Morgan fingerprint density at radius 1 is 0.864 bits per heavy atom. The van der Waals surface area contributed by atoms with Crippen molar-refractivity contribution in [3.8, 4) is 0 Å². The van der Waals surface area contributed by atoms with Crippen molar-refractivity contribution in [1.82, 2.24) is 14.8 Å². The maximum atomic E-state index is 12.8. The van der Waals surface area contributed by atoms with E-state index < -0.39 is 12.3 Å². The molecule has 10 unspecified atom stereocenters. The molecule has 7 heterocycles. The number of aliphatic hydroxyl groups excluding tert-OH is 2. The summed E-state index contributed by atoms with van der Waals surface area (Å²) in [6, 6.07) is 18.6. The molecule has 44 heavy (non-hydrogen) atoms. The lowest BCUT2D eigenvalue weighted by Gasteiger charge is -2.63. The number of anilines is 1. The average molecular weight is 589 g/mol. The molecule has 4 saturated heterocycles. The minimum absolute atomic E-state index is 0.0145. The molecule has 10 atom stereocenters. The van der Waals surface area contributed by atoms with Crippen LogP contribution in [-0.4, -0.2) is 75.6 Å². The summed E-state index contributed by atoms with van der Waals surface area (Å²) in [7, 11) is 0. The van der Waals surface area contributed by atoms with Gasteiger partial charge in [0.1, 0.15) is 6.23 Å². The van der Waals surface area contributed by atoms with E-state index in [0.29, 0.717) is 12.0 Å². The first-order chi connectivity index (χ1) is 21.5. The monoisotopic (exact) mass is 588 g/mol. The normalized spacial score (nSPS) is 42.5. The molecule has 1 spiro atoms. The minimum Gasteiger partial charge on any atom is -0.392 e. The molecule has 2 bridgehead atoms. The number of nitrogens with zero attached hydrogens (tertiary/aromatic N) is 3. The molecule has 228 valence electrons. The fourth-order valence-electron chi connectivity index (χ4n) is 12.1. The number of benzene rings is 2. The van der Waals surface area contributed by atoms with Gasteiger partial charge in [0.05, 0.1) is 12.1 Å². The van der Waals surface area contributed by atoms with E-state index in [1.54, 1.807) is 0 Å². The lowest BCUT2D eigenvalue weighted by atomic mass is 9.51. The van der Waals surface area contributed by atoms with Crippen LogP contribution < -0.4 is 4.90 Å². The van der Waals surface area contributed by atoms with Crippen LogP contribution in [0.5, 0.6) is 0 Å². The van der Waals surface area contributed by atoms with Gasteiger partial charge in [-0.2, -0.15) is 0 Å². The van der Waals surface area contributed by atoms with Crippen LogP contribution in [0.2, 0.25) is 0 Å². The first-order valence-electron chi connectivity index (χ1n) is 17.2. The van der Waals surface area contributed by atoms with Gasteiger partial charge in [-0.25, -0.2) is 0 Å². The Balaban J connectivity index is 1.11. The summed E-state index contributed by atoms with van der Waals surface area (Å²) < 4.78 is 0. The second-order valence-electron chi connectivity index (χ2n) is 14.9. The van der Waals surface area contributed by atoms with Crippen molar-refractivity contribution in [3.05, 3.63) is 88.7 Å². The van der Waals surface area contributed by atoms with Gasteiger partial charge in [-0.1, -0.05) is 59.7 Å². The fraction of sp³-hybridized carbons (Fsp3) is 0.526. The SMILES string of the molecule is CC=C1CN2CCc3c([nH]c4ccccc34)C2CC1C1C(O)C2C3CC4N(CCC45c4ccccc4N(C1O)C25)CC3=CC. The second-order valence-corrected chi connectivity index (χ2v) is 14.9. The van der Waals surface area contributed by atoms with Crippen molar-refractivity contribution < 1.29 is 10.2 Å². The molecule has 0 radical (unpaired) electrons. The van der Waals surface area contributed by atoms with Crippen LogP contribution in [0.15, 0.2) is 71.8 Å². The molecule has 3 N–H and O–H groups in total. The minimum atomic E-state index is -0.717. The van der Waals surface area contributed by atoms with Crippen LogP contribution in [-0.2, 0) is 11.8 Å². The highest BCUT2D eigenvalue weighted by molar-refractivity contribution is 5.85. The molecular weight excluding hydrogens is 544 g/mol. The summed E-state index contributed by atoms with van der Waals surface area (Å²) in [6.07, 6.45) is 7.61. The van der Waals surface area contributed by atoms with E-state index in [4.69, 9.17) is 0 Å². The Labute approximate surface area is 260 Å². The van der Waals surface area contributed by atoms with Gasteiger partial charge in [0.2, 0.25) is 0 Å². The predicted octanol–water partition coefficient (Wildman–Crippen LogP) is 5.14. The summed E-state index contributed by atoms with van der Waals surface area (Å²) >= 11 is 0. The number of piperidine rings is 3. The Hall–Kier alpha value is -2.90. The van der Waals surface area contributed by atoms with Crippen LogP contribution in [0.1, 0.15) is 56.0 Å². The molecule has 3 aromatic rings. The molecule has 1 saturated carbocycles. The molecule has 2 aromatic carbocycles. The van der Waals surface area contributed by atoms with Crippen molar-refractivity contribution in [2.24, 2.45) is 23.7 Å². The van der Waals surface area contributed by atoms with Crippen molar-refractivity contribution in [3.63, 3.8) is 0 Å². The van der Waals surface area contributed by atoms with Crippen LogP contribution in [0.4, 0.5) is 5.69 Å². The van der Waals surface area contributed by atoms with Gasteiger partial charge in [0, 0.05) is 71.3 Å². The van der Waals surface area contributed by atoms with Gasteiger partial charge >= 0.3 is 0 Å². The number of aliphatic hydroxyl groups is 2. The molecular formula is C38H44N4O2. The van der Waals surface area contributed by atoms with Crippen molar-refractivity contribution in [2.75, 3.05) is 31.1 Å². The highest BCUT2D eigenvalue weighted by Crippen LogP contribution is 2.67. The van der Waals surface area contributed by atoms with Crippen LogP contribution >= 0.6 is 0 Å². The molecule has 10 rings (SSSR count). The summed E-state index contributed by atoms with van der Waals surface area (Å²) in [5.41, 5.74) is 9.57. The predicted molar refractivity (Wildman–Crippen MR) is 173 cm³/mol. The van der Waals surface area contributed by atoms with E-state index in [9.17, 15) is 10.2 Å². The third-order valence-electron chi connectivity index (χ3n) is 13.8. The molecule has 6 nitrogen and oxygen atoms in total. The van der Waals surface area contributed by atoms with Gasteiger partial charge in [-0.05, 0) is 81.2 Å². The summed E-state index contributed by atoms with van der Waals surface area (Å²) in [6.45, 7) is 8.46. The second kappa shape index (κ2) is 9.10. The highest BCUT2D eigenvalue weighted by Gasteiger charge is 2.72. The number of para-hydroxylation sites is 2. The highest BCUT2D eigenvalue weighted by atomic mass is 16.3. The summed E-state index contributed by atoms with van der Waals surface area (Å²) in [4.78, 5) is 11.6. The third kappa shape index (κ3) is 3.06. The van der Waals surface area contributed by atoms with Crippen molar-refractivity contribution in [2.45, 2.75) is 75.4 Å². The molecule has 6 heteroatoms. The Morgan fingerprint density at radius 2 is 1.61 bits per heavy atom. The standard InChI is InChI=1S/C38H44N4O2/c1-3-21-19-40-15-13-24-23-9-5-7-11-28(23)39-34(24)30(40)17-25(21)33-35(43)32-26-18-31-38(14-16-41(31)20-22(26)4-2)27-10-6-8-12-29(27)42(36(32)38)37(33)44/h3-12,25-26,30-33,35-37,39,43-44H,13-20H2,1-2H3. The first-order valence-corrected chi connectivity index (χ1v) is 17.2. The summed E-state index contributed by atoms with van der Waals surface area (Å²) in [5, 5.41) is 26.9. The average Bonchev–Trinajstić information content (AvgIpc) is 3.73. The number of hydrogen-bond acceptors (Lipinski definition) is 5. The Bertz CT molecular complexity index is 1740. The zero-order valence-electron chi connectivity index (χ0n) is 25.9. The first kappa shape index (κ1) is 26.3. The maximum Gasteiger partial charge on any atom is 0.133 e. The topological polar surface area (TPSA) is 66.0 Å². The number of rotatable bonds is 1. The van der Waals surface area contributed by atoms with E-state index in [-0.39, 0.29) is 35.3 Å². The molecule has 0 amide bonds. The number of aromatic amines is 1. The van der Waals surface area contributed by atoms with E-state index >= 15 is 0 Å². The smallest absolute Gasteiger partial charge is 0.133 e. The molecule has 7 aliphatic rings. The third-order valence-corrected chi connectivity index (χ3v) is 13.8. The number of aromatic nitrogens is 1. The van der Waals surface area contributed by atoms with Gasteiger partial charge in [0.15, 0.2) is 0 Å². The van der Waals surface area contributed by atoms with E-state index in [2.05, 4.69) is 94.2 Å². The van der Waals surface area contributed by atoms with Gasteiger partial charge in [-0.15, -0.1) is 0 Å². The number of H-pyrrole nitrogens is 1. The van der Waals surface area contributed by atoms with Gasteiger partial charge in [0.25, 0.3) is 0 Å². The number of fused-ring (bicyclic) bond motifs is 9. The summed E-state index contributed by atoms with van der Waals surface area (Å²) in [5.74, 6) is 0.355. The lowest BCUT2D eigenvalue weighted by molar-refractivity contribution is -0.129. The number of allylic oxidation sites excluding steroid dienone is 2. The molecule has 1 aliphatic carbocycles. The largest absolute Gasteiger partial charge is 0.392 e. The quantitative estimate of drug-likeness (QED) is 0.344. The van der Waals surface area contributed by atoms with Crippen molar-refractivity contribution in [1.29, 1.82) is 0 Å². The lowest BCUT2D eigenvalue weighted by Crippen LogP contribution is -2.73. The molecule has 1 aromatic heterocycles. The van der Waals surface area contributed by atoms with E-state index in [1.807, 2.05) is 0 Å². The van der Waals surface area contributed by atoms with Crippen LogP contribution in [0.25, 0.3) is 10.9 Å². The zero-order valence-corrected chi connectivity index (χ0v) is 25.9. The van der Waals surface area contributed by atoms with Crippen LogP contribution in [0, 0.1) is 23.7 Å². The maximum absolute atomic E-state index is 12.8. The van der Waals surface area contributed by atoms with E-state index in [0.717, 1.165) is 51.9 Å². The number of nitrogens with one attached hydrogen (secondary N) is 1. The van der Waals surface area contributed by atoms with Gasteiger partial charge in [-0.3, -0.25) is 9.80 Å². The zero-order chi connectivity index (χ0) is 29.5. The number of hydrogen-bond donors (Lipinski definition) is 3. The van der Waals surface area contributed by atoms with Crippen molar-refractivity contribution >= 4 is 16.6 Å². The Morgan fingerprint density at radius 3 is 2.45 bits per heavy atom. The van der Waals surface area contributed by atoms with E-state index in [1.165, 1.54) is 44.6 Å². The Kier molecular flexibility index (Phi) is 5.44. The molecule has 6 aliphatic heterocycles. The fourth-order valence-corrected chi connectivity index (χ4v) is 12.1. The van der Waals surface area contributed by atoms with Gasteiger partial charge < -0.3 is 20.1 Å².